The first-order chi connectivity index (χ1) is 13.9. The number of benzene rings is 2. The molecule has 0 N–H and O–H groups in total. The third-order valence-electron chi connectivity index (χ3n) is 5.71. The summed E-state index contributed by atoms with van der Waals surface area (Å²) in [5.74, 6) is 0.554. The van der Waals surface area contributed by atoms with E-state index in [0.717, 1.165) is 29.8 Å². The topological polar surface area (TPSA) is 61.2 Å². The van der Waals surface area contributed by atoms with Gasteiger partial charge in [0, 0.05) is 5.75 Å². The van der Waals surface area contributed by atoms with Gasteiger partial charge in [0.05, 0.1) is 30.1 Å². The second-order valence-electron chi connectivity index (χ2n) is 7.86. The summed E-state index contributed by atoms with van der Waals surface area (Å²) < 4.78 is 6.56. The summed E-state index contributed by atoms with van der Waals surface area (Å²) in [5, 5.41) is 1.26. The van der Waals surface area contributed by atoms with Crippen LogP contribution in [-0.2, 0) is 9.53 Å². The van der Waals surface area contributed by atoms with Gasteiger partial charge in [-0.15, -0.1) is 0 Å². The minimum atomic E-state index is -0.180. The third kappa shape index (κ3) is 3.94. The van der Waals surface area contributed by atoms with Gasteiger partial charge in [0.1, 0.15) is 0 Å². The van der Waals surface area contributed by atoms with Crippen molar-refractivity contribution >= 4 is 28.6 Å². The molecular weight excluding hydrogens is 384 g/mol. The van der Waals surface area contributed by atoms with E-state index in [1.54, 1.807) is 16.3 Å². The molecule has 0 radical (unpaired) electrons. The summed E-state index contributed by atoms with van der Waals surface area (Å²) >= 11 is 1.55. The zero-order valence-electron chi connectivity index (χ0n) is 16.9. The molecule has 6 heteroatoms. The van der Waals surface area contributed by atoms with Gasteiger partial charge in [0.15, 0.2) is 5.16 Å². The molecule has 3 aromatic rings. The highest BCUT2D eigenvalue weighted by Crippen LogP contribution is 2.52. The van der Waals surface area contributed by atoms with Gasteiger partial charge in [0.2, 0.25) is 0 Å². The van der Waals surface area contributed by atoms with E-state index in [1.807, 2.05) is 49.4 Å². The monoisotopic (exact) mass is 408 g/mol. The van der Waals surface area contributed by atoms with Crippen LogP contribution in [0.4, 0.5) is 0 Å². The zero-order chi connectivity index (χ0) is 20.6. The quantitative estimate of drug-likeness (QED) is 0.343. The number of carbonyl (C=O) groups is 1. The first-order valence-corrected chi connectivity index (χ1v) is 10.7. The number of hydrogen-bond acceptors (Lipinski definition) is 5. The molecule has 0 atom stereocenters. The number of aryl methyl sites for hydroxylation is 2. The molecule has 1 aromatic heterocycles. The Morgan fingerprint density at radius 2 is 1.93 bits per heavy atom. The van der Waals surface area contributed by atoms with Crippen molar-refractivity contribution in [1.29, 1.82) is 0 Å². The smallest absolute Gasteiger partial charge is 0.306 e. The van der Waals surface area contributed by atoms with E-state index in [4.69, 9.17) is 9.72 Å². The molecule has 0 unspecified atom stereocenters. The fourth-order valence-electron chi connectivity index (χ4n) is 3.45. The van der Waals surface area contributed by atoms with Crippen molar-refractivity contribution in [3.8, 4) is 5.69 Å². The standard InChI is InChI=1S/C23H24N2O3S/c1-15-8-9-17(12-16(15)2)25-21(27)18-6-4-5-7-19(18)24-22(25)29-14-23(10-11-23)13-20(26)28-3/h4-9,12H,10-11,13-14H2,1-3H3. The fraction of sp³-hybridized carbons (Fsp3) is 0.348. The molecule has 2 aromatic carbocycles. The van der Waals surface area contributed by atoms with E-state index in [-0.39, 0.29) is 16.9 Å². The number of methoxy groups -OCH3 is 1. The van der Waals surface area contributed by atoms with E-state index in [2.05, 4.69) is 6.92 Å². The number of carbonyl (C=O) groups excluding carboxylic acids is 1. The maximum Gasteiger partial charge on any atom is 0.306 e. The molecule has 150 valence electrons. The summed E-state index contributed by atoms with van der Waals surface area (Å²) in [4.78, 5) is 29.9. The Hall–Kier alpha value is -2.60. The van der Waals surface area contributed by atoms with Crippen LogP contribution in [0.25, 0.3) is 16.6 Å². The van der Waals surface area contributed by atoms with Crippen molar-refractivity contribution in [3.63, 3.8) is 0 Å². The summed E-state index contributed by atoms with van der Waals surface area (Å²) in [5.41, 5.74) is 3.70. The highest BCUT2D eigenvalue weighted by Gasteiger charge is 2.44. The van der Waals surface area contributed by atoms with Crippen LogP contribution >= 0.6 is 11.8 Å². The molecule has 1 fully saturated rings. The van der Waals surface area contributed by atoms with Crippen LogP contribution < -0.4 is 5.56 Å². The molecule has 0 bridgehead atoms. The lowest BCUT2D eigenvalue weighted by Crippen LogP contribution is -2.22. The highest BCUT2D eigenvalue weighted by molar-refractivity contribution is 7.99. The number of ether oxygens (including phenoxy) is 1. The van der Waals surface area contributed by atoms with Gasteiger partial charge >= 0.3 is 5.97 Å². The van der Waals surface area contributed by atoms with Gasteiger partial charge in [0.25, 0.3) is 5.56 Å². The number of fused-ring (bicyclic) bond motifs is 1. The fourth-order valence-corrected chi connectivity index (χ4v) is 4.75. The van der Waals surface area contributed by atoms with Crippen molar-refractivity contribution in [3.05, 3.63) is 63.9 Å². The van der Waals surface area contributed by atoms with Crippen molar-refractivity contribution in [1.82, 2.24) is 9.55 Å². The molecule has 29 heavy (non-hydrogen) atoms. The normalized spacial score (nSPS) is 14.7. The number of nitrogens with zero attached hydrogens (tertiary/aromatic N) is 2. The number of thioether (sulfide) groups is 1. The van der Waals surface area contributed by atoms with E-state index >= 15 is 0 Å². The number of aromatic nitrogens is 2. The van der Waals surface area contributed by atoms with Crippen LogP contribution in [-0.4, -0.2) is 28.4 Å². The molecule has 4 rings (SSSR count). The Kier molecular flexibility index (Phi) is 5.21. The third-order valence-corrected chi connectivity index (χ3v) is 6.99. The average Bonchev–Trinajstić information content (AvgIpc) is 3.48. The molecular formula is C23H24N2O3S. The number of hydrogen-bond donors (Lipinski definition) is 0. The highest BCUT2D eigenvalue weighted by atomic mass is 32.2. The van der Waals surface area contributed by atoms with E-state index in [9.17, 15) is 9.59 Å². The van der Waals surface area contributed by atoms with Gasteiger partial charge < -0.3 is 4.74 Å². The van der Waals surface area contributed by atoms with Gasteiger partial charge in [-0.05, 0) is 67.5 Å². The Balaban J connectivity index is 1.77. The molecule has 1 saturated carbocycles. The van der Waals surface area contributed by atoms with Gasteiger partial charge in [-0.25, -0.2) is 4.98 Å². The summed E-state index contributed by atoms with van der Waals surface area (Å²) in [6.07, 6.45) is 2.41. The maximum atomic E-state index is 13.3. The minimum Gasteiger partial charge on any atom is -0.469 e. The van der Waals surface area contributed by atoms with Crippen molar-refractivity contribution in [2.75, 3.05) is 12.9 Å². The summed E-state index contributed by atoms with van der Waals surface area (Å²) in [6, 6.07) is 13.5. The predicted molar refractivity (Wildman–Crippen MR) is 116 cm³/mol. The molecule has 1 aliphatic carbocycles. The molecule has 1 heterocycles. The second kappa shape index (κ2) is 7.67. The van der Waals surface area contributed by atoms with Crippen LogP contribution in [0.1, 0.15) is 30.4 Å². The second-order valence-corrected chi connectivity index (χ2v) is 8.80. The van der Waals surface area contributed by atoms with Crippen molar-refractivity contribution < 1.29 is 9.53 Å². The summed E-state index contributed by atoms with van der Waals surface area (Å²) in [6.45, 7) is 4.10. The number of para-hydroxylation sites is 1. The molecule has 5 nitrogen and oxygen atoms in total. The molecule has 1 aliphatic rings. The molecule has 0 amide bonds. The number of esters is 1. The van der Waals surface area contributed by atoms with Crippen molar-refractivity contribution in [2.24, 2.45) is 5.41 Å². The largest absolute Gasteiger partial charge is 0.469 e. The van der Waals surface area contributed by atoms with Gasteiger partial charge in [-0.2, -0.15) is 0 Å². The lowest BCUT2D eigenvalue weighted by atomic mass is 10.1. The first kappa shape index (κ1) is 19.7. The molecule has 0 aliphatic heterocycles. The first-order valence-electron chi connectivity index (χ1n) is 9.71. The zero-order valence-corrected chi connectivity index (χ0v) is 17.7. The average molecular weight is 409 g/mol. The van der Waals surface area contributed by atoms with E-state index in [1.165, 1.54) is 12.7 Å². The SMILES string of the molecule is COC(=O)CC1(CSc2nc3ccccc3c(=O)n2-c2ccc(C)c(C)c2)CC1. The van der Waals surface area contributed by atoms with Crippen LogP contribution in [0.3, 0.4) is 0 Å². The molecule has 0 saturated heterocycles. The molecule has 0 spiro atoms. The lowest BCUT2D eigenvalue weighted by Gasteiger charge is -2.17. The number of rotatable bonds is 6. The lowest BCUT2D eigenvalue weighted by molar-refractivity contribution is -0.141. The Labute approximate surface area is 174 Å². The Morgan fingerprint density at radius 3 is 2.62 bits per heavy atom. The predicted octanol–water partition coefficient (Wildman–Crippen LogP) is 4.44. The van der Waals surface area contributed by atoms with Crippen LogP contribution in [0.2, 0.25) is 0 Å². The summed E-state index contributed by atoms with van der Waals surface area (Å²) in [7, 11) is 1.42. The van der Waals surface area contributed by atoms with E-state index in [0.29, 0.717) is 22.5 Å². The maximum absolute atomic E-state index is 13.3. The van der Waals surface area contributed by atoms with Crippen molar-refractivity contribution in [2.45, 2.75) is 38.3 Å². The van der Waals surface area contributed by atoms with Gasteiger partial charge in [-0.3, -0.25) is 14.2 Å². The van der Waals surface area contributed by atoms with Crippen LogP contribution in [0, 0.1) is 19.3 Å². The minimum absolute atomic E-state index is 0.0465. The van der Waals surface area contributed by atoms with Crippen LogP contribution in [0.15, 0.2) is 52.4 Å². The van der Waals surface area contributed by atoms with Gasteiger partial charge in [-0.1, -0.05) is 30.0 Å². The van der Waals surface area contributed by atoms with E-state index < -0.39 is 0 Å². The van der Waals surface area contributed by atoms with Crippen LogP contribution in [0.5, 0.6) is 0 Å². The Bertz CT molecular complexity index is 1150. The Morgan fingerprint density at radius 1 is 1.17 bits per heavy atom.